The van der Waals surface area contributed by atoms with Crippen LogP contribution in [0.15, 0.2) is 77.5 Å². The maximum Gasteiger partial charge on any atom is 0.310 e. The molecule has 7 nitrogen and oxygen atoms in total. The summed E-state index contributed by atoms with van der Waals surface area (Å²) in [7, 11) is 1.62. The molecule has 0 unspecified atom stereocenters. The van der Waals surface area contributed by atoms with Crippen LogP contribution >= 0.6 is 0 Å². The second-order valence-corrected chi connectivity index (χ2v) is 8.29. The van der Waals surface area contributed by atoms with E-state index in [-0.39, 0.29) is 19.0 Å². The number of carbonyl (C=O) groups excluding carboxylic acids is 1. The molecule has 0 fully saturated rings. The lowest BCUT2D eigenvalue weighted by molar-refractivity contribution is -0.142. The molecule has 0 saturated heterocycles. The number of ether oxygens (including phenoxy) is 3. The molecule has 3 aromatic carbocycles. The highest BCUT2D eigenvalue weighted by Crippen LogP contribution is 2.38. The Morgan fingerprint density at radius 2 is 1.83 bits per heavy atom. The predicted octanol–water partition coefficient (Wildman–Crippen LogP) is 5.92. The Bertz CT molecular complexity index is 1560. The molecule has 0 atom stereocenters. The van der Waals surface area contributed by atoms with Crippen molar-refractivity contribution < 1.29 is 23.4 Å². The SMILES string of the molecule is CCOC(=O)Cc1ccccc1OCc1coc2c(OC)cc(-c3cccc4c(N)nccc34)cc12. The smallest absolute Gasteiger partial charge is 0.310 e. The fourth-order valence-electron chi connectivity index (χ4n) is 4.37. The zero-order valence-electron chi connectivity index (χ0n) is 20.1. The minimum absolute atomic E-state index is 0.146. The Kier molecular flexibility index (Phi) is 6.45. The van der Waals surface area contributed by atoms with Gasteiger partial charge >= 0.3 is 5.97 Å². The number of fused-ring (bicyclic) bond motifs is 2. The van der Waals surface area contributed by atoms with Gasteiger partial charge in [0.2, 0.25) is 0 Å². The van der Waals surface area contributed by atoms with Crippen LogP contribution in [0.5, 0.6) is 11.5 Å². The Labute approximate surface area is 208 Å². The molecule has 0 aliphatic carbocycles. The molecule has 7 heteroatoms. The molecule has 0 bridgehead atoms. The molecular formula is C29H26N2O5. The number of esters is 1. The van der Waals surface area contributed by atoms with Gasteiger partial charge < -0.3 is 24.4 Å². The van der Waals surface area contributed by atoms with Gasteiger partial charge in [0.05, 0.1) is 26.4 Å². The van der Waals surface area contributed by atoms with Crippen molar-refractivity contribution in [3.05, 3.63) is 84.3 Å². The minimum Gasteiger partial charge on any atom is -0.493 e. The monoisotopic (exact) mass is 482 g/mol. The number of carbonyl (C=O) groups is 1. The molecule has 0 radical (unpaired) electrons. The number of nitrogen functional groups attached to an aromatic ring is 1. The second-order valence-electron chi connectivity index (χ2n) is 8.29. The fraction of sp³-hybridized carbons (Fsp3) is 0.172. The van der Waals surface area contributed by atoms with Crippen LogP contribution in [0.4, 0.5) is 5.82 Å². The third-order valence-corrected chi connectivity index (χ3v) is 6.08. The number of hydrogen-bond acceptors (Lipinski definition) is 7. The number of nitrogens with two attached hydrogens (primary N) is 1. The van der Waals surface area contributed by atoms with Crippen molar-refractivity contribution >= 4 is 33.5 Å². The number of aromatic nitrogens is 1. The third kappa shape index (κ3) is 4.43. The number of nitrogens with zero attached hydrogens (tertiary/aromatic N) is 1. The Morgan fingerprint density at radius 3 is 2.67 bits per heavy atom. The van der Waals surface area contributed by atoms with Crippen molar-refractivity contribution in [1.29, 1.82) is 0 Å². The van der Waals surface area contributed by atoms with Gasteiger partial charge in [-0.15, -0.1) is 0 Å². The molecule has 0 saturated carbocycles. The first-order valence-corrected chi connectivity index (χ1v) is 11.7. The van der Waals surface area contributed by atoms with Crippen molar-refractivity contribution in [2.75, 3.05) is 19.5 Å². The molecule has 2 N–H and O–H groups in total. The van der Waals surface area contributed by atoms with Gasteiger partial charge in [0, 0.05) is 28.1 Å². The van der Waals surface area contributed by atoms with E-state index in [0.29, 0.717) is 29.5 Å². The van der Waals surface area contributed by atoms with E-state index in [0.717, 1.165) is 38.4 Å². The van der Waals surface area contributed by atoms with Crippen molar-refractivity contribution in [1.82, 2.24) is 4.98 Å². The normalized spacial score (nSPS) is 11.1. The van der Waals surface area contributed by atoms with E-state index in [1.807, 2.05) is 54.6 Å². The molecule has 2 heterocycles. The van der Waals surface area contributed by atoms with Crippen LogP contribution < -0.4 is 15.2 Å². The van der Waals surface area contributed by atoms with Crippen LogP contribution in [0.3, 0.4) is 0 Å². The van der Waals surface area contributed by atoms with Crippen molar-refractivity contribution in [3.8, 4) is 22.6 Å². The average molecular weight is 483 g/mol. The van der Waals surface area contributed by atoms with E-state index in [2.05, 4.69) is 11.1 Å². The van der Waals surface area contributed by atoms with Crippen LogP contribution in [0.2, 0.25) is 0 Å². The molecule has 0 amide bonds. The highest BCUT2D eigenvalue weighted by atomic mass is 16.5. The van der Waals surface area contributed by atoms with Crippen LogP contribution in [0, 0.1) is 0 Å². The first-order valence-electron chi connectivity index (χ1n) is 11.7. The highest BCUT2D eigenvalue weighted by Gasteiger charge is 2.17. The summed E-state index contributed by atoms with van der Waals surface area (Å²) >= 11 is 0. The topological polar surface area (TPSA) is 96.8 Å². The van der Waals surface area contributed by atoms with Crippen LogP contribution in [0.25, 0.3) is 32.9 Å². The first-order chi connectivity index (χ1) is 17.6. The summed E-state index contributed by atoms with van der Waals surface area (Å²) in [6, 6.07) is 19.4. The summed E-state index contributed by atoms with van der Waals surface area (Å²) in [5.74, 6) is 1.44. The molecular weight excluding hydrogens is 456 g/mol. The number of anilines is 1. The van der Waals surface area contributed by atoms with Gasteiger partial charge in [0.1, 0.15) is 18.2 Å². The summed E-state index contributed by atoms with van der Waals surface area (Å²) in [4.78, 5) is 16.2. The number of benzene rings is 3. The largest absolute Gasteiger partial charge is 0.493 e. The molecule has 5 rings (SSSR count). The molecule has 0 aliphatic rings. The van der Waals surface area contributed by atoms with Gasteiger partial charge in [-0.1, -0.05) is 36.4 Å². The molecule has 36 heavy (non-hydrogen) atoms. The zero-order chi connectivity index (χ0) is 25.1. The Balaban J connectivity index is 1.51. The lowest BCUT2D eigenvalue weighted by atomic mass is 9.97. The van der Waals surface area contributed by atoms with E-state index in [1.54, 1.807) is 26.5 Å². The molecule has 0 spiro atoms. The maximum absolute atomic E-state index is 12.0. The quantitative estimate of drug-likeness (QED) is 0.274. The molecule has 5 aromatic rings. The standard InChI is InChI=1S/C29H26N2O5/c1-3-34-27(32)15-18-7-4-5-10-25(18)35-16-20-17-36-28-24(20)13-19(14-26(28)33-2)21-8-6-9-23-22(21)11-12-31-29(23)30/h4-14,17H,3,15-16H2,1-2H3,(H2,30,31). The van der Waals surface area contributed by atoms with Crippen molar-refractivity contribution in [2.45, 2.75) is 20.0 Å². The predicted molar refractivity (Wildman–Crippen MR) is 139 cm³/mol. The number of hydrogen-bond donors (Lipinski definition) is 1. The summed E-state index contributed by atoms with van der Waals surface area (Å²) < 4.78 is 22.8. The summed E-state index contributed by atoms with van der Waals surface area (Å²) in [5, 5.41) is 2.77. The van der Waals surface area contributed by atoms with Gasteiger partial charge in [-0.2, -0.15) is 0 Å². The Morgan fingerprint density at radius 1 is 0.972 bits per heavy atom. The van der Waals surface area contributed by atoms with E-state index in [1.165, 1.54) is 0 Å². The Hall–Kier alpha value is -4.52. The molecule has 2 aromatic heterocycles. The minimum atomic E-state index is -0.289. The lowest BCUT2D eigenvalue weighted by Gasteiger charge is -2.12. The molecule has 182 valence electrons. The highest BCUT2D eigenvalue weighted by molar-refractivity contribution is 6.03. The second kappa shape index (κ2) is 10.00. The van der Waals surface area contributed by atoms with Gasteiger partial charge in [-0.3, -0.25) is 4.79 Å². The lowest BCUT2D eigenvalue weighted by Crippen LogP contribution is -2.09. The van der Waals surface area contributed by atoms with Gasteiger partial charge in [0.15, 0.2) is 11.3 Å². The van der Waals surface area contributed by atoms with Crippen LogP contribution in [0.1, 0.15) is 18.1 Å². The number of rotatable bonds is 8. The average Bonchev–Trinajstić information content (AvgIpc) is 3.30. The van der Waals surface area contributed by atoms with Gasteiger partial charge in [-0.05, 0) is 47.7 Å². The number of furan rings is 1. The maximum atomic E-state index is 12.0. The van der Waals surface area contributed by atoms with E-state index in [9.17, 15) is 4.79 Å². The van der Waals surface area contributed by atoms with Gasteiger partial charge in [0.25, 0.3) is 0 Å². The van der Waals surface area contributed by atoms with E-state index in [4.69, 9.17) is 24.4 Å². The summed E-state index contributed by atoms with van der Waals surface area (Å²) in [6.45, 7) is 2.38. The van der Waals surface area contributed by atoms with Gasteiger partial charge in [-0.25, -0.2) is 4.98 Å². The zero-order valence-corrected chi connectivity index (χ0v) is 20.1. The number of para-hydroxylation sites is 1. The first kappa shape index (κ1) is 23.2. The van der Waals surface area contributed by atoms with Crippen molar-refractivity contribution in [2.24, 2.45) is 0 Å². The fourth-order valence-corrected chi connectivity index (χ4v) is 4.37. The van der Waals surface area contributed by atoms with Crippen LogP contribution in [-0.4, -0.2) is 24.7 Å². The van der Waals surface area contributed by atoms with E-state index < -0.39 is 0 Å². The third-order valence-electron chi connectivity index (χ3n) is 6.08. The van der Waals surface area contributed by atoms with Crippen molar-refractivity contribution in [3.63, 3.8) is 0 Å². The van der Waals surface area contributed by atoms with E-state index >= 15 is 0 Å². The van der Waals surface area contributed by atoms with Crippen LogP contribution in [-0.2, 0) is 22.6 Å². The summed E-state index contributed by atoms with van der Waals surface area (Å²) in [5.41, 5.74) is 10.3. The summed E-state index contributed by atoms with van der Waals surface area (Å²) in [6.07, 6.45) is 3.53. The number of pyridine rings is 1. The molecule has 0 aliphatic heterocycles. The number of methoxy groups -OCH3 is 1.